The minimum Gasteiger partial charge on any atom is -0.493 e. The van der Waals surface area contributed by atoms with Crippen LogP contribution in [0, 0.1) is 12.7 Å². The Labute approximate surface area is 119 Å². The summed E-state index contributed by atoms with van der Waals surface area (Å²) >= 11 is 0. The molecule has 106 valence electrons. The number of rotatable bonds is 1. The van der Waals surface area contributed by atoms with Crippen LogP contribution >= 0.6 is 0 Å². The van der Waals surface area contributed by atoms with Crippen molar-refractivity contribution in [1.29, 1.82) is 0 Å². The zero-order chi connectivity index (χ0) is 14.5. The zero-order valence-electron chi connectivity index (χ0n) is 11.9. The van der Waals surface area contributed by atoms with E-state index in [4.69, 9.17) is 4.74 Å². The second-order valence-corrected chi connectivity index (χ2v) is 4.71. The molecule has 0 aliphatic carbocycles. The Kier molecular flexibility index (Phi) is 4.74. The molecule has 2 aromatic rings. The normalized spacial score (nSPS) is 12.8. The number of nitrogens with two attached hydrogens (primary N) is 1. The van der Waals surface area contributed by atoms with Crippen molar-refractivity contribution < 1.29 is 9.13 Å². The monoisotopic (exact) mass is 273 g/mol. The van der Waals surface area contributed by atoms with E-state index in [1.54, 1.807) is 12.1 Å². The maximum Gasteiger partial charge on any atom is 0.130 e. The van der Waals surface area contributed by atoms with Gasteiger partial charge in [-0.1, -0.05) is 24.3 Å². The van der Waals surface area contributed by atoms with Crippen LogP contribution in [0.1, 0.15) is 17.5 Å². The Morgan fingerprint density at radius 2 is 1.85 bits per heavy atom. The van der Waals surface area contributed by atoms with Crippen LogP contribution in [0.5, 0.6) is 5.75 Å². The fourth-order valence-electron chi connectivity index (χ4n) is 2.52. The lowest BCUT2D eigenvalue weighted by molar-refractivity contribution is 0.289. The van der Waals surface area contributed by atoms with E-state index in [1.165, 1.54) is 7.05 Å². The summed E-state index contributed by atoms with van der Waals surface area (Å²) in [5.74, 6) is 0.675. The number of fused-ring (bicyclic) bond motifs is 1. The average Bonchev–Trinajstić information content (AvgIpc) is 2.49. The first kappa shape index (κ1) is 14.5. The van der Waals surface area contributed by atoms with Gasteiger partial charge >= 0.3 is 0 Å². The van der Waals surface area contributed by atoms with Crippen LogP contribution in [-0.2, 0) is 6.42 Å². The zero-order valence-corrected chi connectivity index (χ0v) is 11.9. The fraction of sp³-hybridized carbons (Fsp3) is 0.294. The summed E-state index contributed by atoms with van der Waals surface area (Å²) in [7, 11) is 1.50. The molecule has 2 nitrogen and oxygen atoms in total. The molecule has 0 fully saturated rings. The molecule has 0 unspecified atom stereocenters. The first-order valence-corrected chi connectivity index (χ1v) is 6.84. The lowest BCUT2D eigenvalue weighted by Gasteiger charge is -2.21. The van der Waals surface area contributed by atoms with E-state index in [0.717, 1.165) is 47.5 Å². The highest BCUT2D eigenvalue weighted by Crippen LogP contribution is 2.38. The molecule has 0 aromatic heterocycles. The summed E-state index contributed by atoms with van der Waals surface area (Å²) in [6.07, 6.45) is 1.86. The van der Waals surface area contributed by atoms with Gasteiger partial charge in [-0.2, -0.15) is 0 Å². The molecule has 1 heterocycles. The van der Waals surface area contributed by atoms with Crippen LogP contribution in [-0.4, -0.2) is 13.7 Å². The minimum atomic E-state index is -0.183. The number of aryl methyl sites for hydroxylation is 2. The first-order valence-electron chi connectivity index (χ1n) is 6.84. The smallest absolute Gasteiger partial charge is 0.130 e. The molecule has 0 atom stereocenters. The van der Waals surface area contributed by atoms with Gasteiger partial charge in [0.05, 0.1) is 6.61 Å². The predicted molar refractivity (Wildman–Crippen MR) is 80.5 cm³/mol. The largest absolute Gasteiger partial charge is 0.493 e. The van der Waals surface area contributed by atoms with Crippen molar-refractivity contribution in [1.82, 2.24) is 0 Å². The molecule has 3 heteroatoms. The van der Waals surface area contributed by atoms with Gasteiger partial charge in [0, 0.05) is 5.56 Å². The third-order valence-electron chi connectivity index (χ3n) is 3.40. The van der Waals surface area contributed by atoms with Gasteiger partial charge in [0.1, 0.15) is 11.6 Å². The van der Waals surface area contributed by atoms with Crippen LogP contribution in [0.15, 0.2) is 36.4 Å². The van der Waals surface area contributed by atoms with Gasteiger partial charge in [0.2, 0.25) is 0 Å². The van der Waals surface area contributed by atoms with Crippen LogP contribution in [0.3, 0.4) is 0 Å². The van der Waals surface area contributed by atoms with Crippen molar-refractivity contribution >= 4 is 0 Å². The van der Waals surface area contributed by atoms with E-state index in [-0.39, 0.29) is 5.82 Å². The molecule has 0 saturated heterocycles. The number of ether oxygens (including phenoxy) is 1. The average molecular weight is 273 g/mol. The van der Waals surface area contributed by atoms with E-state index >= 15 is 0 Å². The molecule has 0 saturated carbocycles. The molecular weight excluding hydrogens is 253 g/mol. The van der Waals surface area contributed by atoms with E-state index in [1.807, 2.05) is 31.2 Å². The van der Waals surface area contributed by atoms with Gasteiger partial charge < -0.3 is 10.5 Å². The van der Waals surface area contributed by atoms with Crippen molar-refractivity contribution in [3.05, 3.63) is 53.3 Å². The molecule has 3 rings (SSSR count). The minimum absolute atomic E-state index is 0.183. The topological polar surface area (TPSA) is 35.2 Å². The molecular formula is C17H20FNO. The summed E-state index contributed by atoms with van der Waals surface area (Å²) < 4.78 is 19.5. The highest BCUT2D eigenvalue weighted by Gasteiger charge is 2.18. The number of benzene rings is 2. The SMILES string of the molecule is CN.Cc1ccccc1-c1cc(F)cc2c1OCCC2. The molecule has 1 aliphatic heterocycles. The van der Waals surface area contributed by atoms with E-state index in [9.17, 15) is 4.39 Å². The summed E-state index contributed by atoms with van der Waals surface area (Å²) in [5, 5.41) is 0. The van der Waals surface area contributed by atoms with Gasteiger partial charge in [0.15, 0.2) is 0 Å². The van der Waals surface area contributed by atoms with Crippen molar-refractivity contribution in [3.63, 3.8) is 0 Å². The molecule has 0 spiro atoms. The fourth-order valence-corrected chi connectivity index (χ4v) is 2.52. The Hall–Kier alpha value is -1.87. The van der Waals surface area contributed by atoms with Gasteiger partial charge in [-0.25, -0.2) is 4.39 Å². The van der Waals surface area contributed by atoms with Crippen molar-refractivity contribution in [3.8, 4) is 16.9 Å². The van der Waals surface area contributed by atoms with Crippen molar-refractivity contribution in [2.45, 2.75) is 19.8 Å². The number of halogens is 1. The van der Waals surface area contributed by atoms with Gasteiger partial charge in [-0.3, -0.25) is 0 Å². The molecule has 1 aliphatic rings. The maximum absolute atomic E-state index is 13.7. The highest BCUT2D eigenvalue weighted by molar-refractivity contribution is 5.75. The lowest BCUT2D eigenvalue weighted by Crippen LogP contribution is -2.10. The molecule has 20 heavy (non-hydrogen) atoms. The van der Waals surface area contributed by atoms with Gasteiger partial charge in [-0.15, -0.1) is 0 Å². The van der Waals surface area contributed by atoms with Crippen LogP contribution in [0.2, 0.25) is 0 Å². The Morgan fingerprint density at radius 1 is 1.10 bits per heavy atom. The van der Waals surface area contributed by atoms with E-state index in [2.05, 4.69) is 5.73 Å². The Bertz CT molecular complexity index is 596. The molecule has 0 radical (unpaired) electrons. The molecule has 2 aromatic carbocycles. The van der Waals surface area contributed by atoms with Crippen molar-refractivity contribution in [2.24, 2.45) is 5.73 Å². The second kappa shape index (κ2) is 6.53. The van der Waals surface area contributed by atoms with E-state index in [0.29, 0.717) is 0 Å². The lowest BCUT2D eigenvalue weighted by atomic mass is 9.95. The van der Waals surface area contributed by atoms with Gasteiger partial charge in [0.25, 0.3) is 0 Å². The number of hydrogen-bond acceptors (Lipinski definition) is 2. The summed E-state index contributed by atoms with van der Waals surface area (Å²) in [4.78, 5) is 0. The molecule has 2 N–H and O–H groups in total. The summed E-state index contributed by atoms with van der Waals surface area (Å²) in [5.41, 5.74) is 8.55. The van der Waals surface area contributed by atoms with Crippen LogP contribution in [0.4, 0.5) is 4.39 Å². The Balaban J connectivity index is 0.000000704. The maximum atomic E-state index is 13.7. The van der Waals surface area contributed by atoms with Gasteiger partial charge in [-0.05, 0) is 55.6 Å². The van der Waals surface area contributed by atoms with E-state index < -0.39 is 0 Å². The third kappa shape index (κ3) is 2.83. The molecule has 0 amide bonds. The summed E-state index contributed by atoms with van der Waals surface area (Å²) in [6, 6.07) is 11.2. The van der Waals surface area contributed by atoms with Crippen molar-refractivity contribution in [2.75, 3.05) is 13.7 Å². The third-order valence-corrected chi connectivity index (χ3v) is 3.40. The summed E-state index contributed by atoms with van der Waals surface area (Å²) in [6.45, 7) is 2.76. The van der Waals surface area contributed by atoms with Crippen LogP contribution < -0.4 is 10.5 Å². The first-order chi connectivity index (χ1) is 9.75. The standard InChI is InChI=1S/C16H15FO.CH5N/c1-11-5-2-3-7-14(11)15-10-13(17)9-12-6-4-8-18-16(12)15;1-2/h2-3,5,7,9-10H,4,6,8H2,1H3;2H2,1H3. The predicted octanol–water partition coefficient (Wildman–Crippen LogP) is 3.70. The highest BCUT2D eigenvalue weighted by atomic mass is 19.1. The second-order valence-electron chi connectivity index (χ2n) is 4.71. The Morgan fingerprint density at radius 3 is 2.60 bits per heavy atom. The number of hydrogen-bond donors (Lipinski definition) is 1. The quantitative estimate of drug-likeness (QED) is 0.859. The van der Waals surface area contributed by atoms with Crippen LogP contribution in [0.25, 0.3) is 11.1 Å². The molecule has 0 bridgehead atoms.